The zero-order valence-corrected chi connectivity index (χ0v) is 9.74. The van der Waals surface area contributed by atoms with E-state index in [2.05, 4.69) is 10.1 Å². The van der Waals surface area contributed by atoms with Crippen LogP contribution in [0.25, 0.3) is 0 Å². The number of hydrogen-bond acceptors (Lipinski definition) is 5. The molecule has 1 aliphatic carbocycles. The van der Waals surface area contributed by atoms with E-state index in [1.807, 2.05) is 0 Å². The predicted octanol–water partition coefficient (Wildman–Crippen LogP) is 1.07. The van der Waals surface area contributed by atoms with Gasteiger partial charge in [-0.25, -0.2) is 0 Å². The van der Waals surface area contributed by atoms with Crippen molar-refractivity contribution in [1.29, 1.82) is 0 Å². The van der Waals surface area contributed by atoms with Gasteiger partial charge in [0.05, 0.1) is 12.0 Å². The highest BCUT2D eigenvalue weighted by molar-refractivity contribution is 4.98. The van der Waals surface area contributed by atoms with Gasteiger partial charge in [0, 0.05) is 13.5 Å². The first-order valence-electron chi connectivity index (χ1n) is 5.85. The van der Waals surface area contributed by atoms with Gasteiger partial charge in [-0.05, 0) is 32.2 Å². The van der Waals surface area contributed by atoms with Crippen LogP contribution in [-0.2, 0) is 17.6 Å². The van der Waals surface area contributed by atoms with E-state index in [9.17, 15) is 0 Å². The molecule has 0 aromatic carbocycles. The highest BCUT2D eigenvalue weighted by atomic mass is 16.5. The van der Waals surface area contributed by atoms with Gasteiger partial charge in [0.2, 0.25) is 5.89 Å². The van der Waals surface area contributed by atoms with Crippen molar-refractivity contribution in [2.45, 2.75) is 44.1 Å². The second-order valence-corrected chi connectivity index (χ2v) is 4.41. The van der Waals surface area contributed by atoms with E-state index in [1.165, 1.54) is 6.42 Å². The average Bonchev–Trinajstić information content (AvgIpc) is 2.68. The van der Waals surface area contributed by atoms with Crippen LogP contribution in [0.1, 0.15) is 37.4 Å². The molecule has 1 heterocycles. The first-order valence-corrected chi connectivity index (χ1v) is 5.85. The summed E-state index contributed by atoms with van der Waals surface area (Å²) in [6.07, 6.45) is 5.82. The highest BCUT2D eigenvalue weighted by Gasteiger charge is 2.38. The Morgan fingerprint density at radius 1 is 1.50 bits per heavy atom. The number of aromatic nitrogens is 2. The summed E-state index contributed by atoms with van der Waals surface area (Å²) in [5.41, 5.74) is 5.39. The molecule has 0 unspecified atom stereocenters. The summed E-state index contributed by atoms with van der Waals surface area (Å²) in [5.74, 6) is 1.44. The molecule has 1 fully saturated rings. The summed E-state index contributed by atoms with van der Waals surface area (Å²) in [6, 6.07) is 0. The Balaban J connectivity index is 1.91. The van der Waals surface area contributed by atoms with Crippen molar-refractivity contribution in [1.82, 2.24) is 10.1 Å². The summed E-state index contributed by atoms with van der Waals surface area (Å²) < 4.78 is 10.7. The van der Waals surface area contributed by atoms with Crippen molar-refractivity contribution in [3.63, 3.8) is 0 Å². The van der Waals surface area contributed by atoms with Crippen molar-refractivity contribution in [3.8, 4) is 0 Å². The van der Waals surface area contributed by atoms with E-state index in [-0.39, 0.29) is 5.60 Å². The normalized spacial score (nSPS) is 18.4. The third-order valence-corrected chi connectivity index (χ3v) is 3.29. The third kappa shape index (κ3) is 2.41. The molecule has 1 aliphatic rings. The van der Waals surface area contributed by atoms with Crippen LogP contribution in [0.2, 0.25) is 0 Å². The SMILES string of the molecule is COC1(Cc2nc(CCCN)no2)CCC1. The van der Waals surface area contributed by atoms with Crippen LogP contribution in [0.3, 0.4) is 0 Å². The van der Waals surface area contributed by atoms with Gasteiger partial charge in [0.1, 0.15) is 0 Å². The lowest BCUT2D eigenvalue weighted by molar-refractivity contribution is -0.0751. The molecule has 0 bridgehead atoms. The van der Waals surface area contributed by atoms with Crippen LogP contribution in [0.15, 0.2) is 4.52 Å². The molecule has 0 amide bonds. The lowest BCUT2D eigenvalue weighted by Crippen LogP contribution is -2.41. The molecule has 16 heavy (non-hydrogen) atoms. The van der Waals surface area contributed by atoms with E-state index in [0.29, 0.717) is 12.4 Å². The summed E-state index contributed by atoms with van der Waals surface area (Å²) in [7, 11) is 1.75. The molecule has 0 spiro atoms. The maximum atomic E-state index is 5.52. The molecular weight excluding hydrogens is 206 g/mol. The third-order valence-electron chi connectivity index (χ3n) is 3.29. The van der Waals surface area contributed by atoms with E-state index < -0.39 is 0 Å². The number of aryl methyl sites for hydroxylation is 1. The van der Waals surface area contributed by atoms with E-state index in [0.717, 1.165) is 37.9 Å². The molecule has 0 radical (unpaired) electrons. The molecule has 2 rings (SSSR count). The van der Waals surface area contributed by atoms with Crippen LogP contribution in [0, 0.1) is 0 Å². The van der Waals surface area contributed by atoms with E-state index in [1.54, 1.807) is 7.11 Å². The summed E-state index contributed by atoms with van der Waals surface area (Å²) in [6.45, 7) is 0.659. The topological polar surface area (TPSA) is 74.2 Å². The summed E-state index contributed by atoms with van der Waals surface area (Å²) >= 11 is 0. The van der Waals surface area contributed by atoms with Crippen molar-refractivity contribution in [2.24, 2.45) is 5.73 Å². The molecule has 0 atom stereocenters. The maximum absolute atomic E-state index is 5.52. The first-order chi connectivity index (χ1) is 7.78. The van der Waals surface area contributed by atoms with Crippen LogP contribution in [-0.4, -0.2) is 29.4 Å². The Kier molecular flexibility index (Phi) is 3.56. The molecule has 5 heteroatoms. The van der Waals surface area contributed by atoms with Gasteiger partial charge in [0.15, 0.2) is 5.82 Å². The summed E-state index contributed by atoms with van der Waals surface area (Å²) in [5, 5.41) is 3.93. The largest absolute Gasteiger partial charge is 0.378 e. The highest BCUT2D eigenvalue weighted by Crippen LogP contribution is 2.37. The van der Waals surface area contributed by atoms with Gasteiger partial charge in [-0.2, -0.15) is 4.98 Å². The molecule has 0 aliphatic heterocycles. The fraction of sp³-hybridized carbons (Fsp3) is 0.818. The molecule has 5 nitrogen and oxygen atoms in total. The van der Waals surface area contributed by atoms with Gasteiger partial charge in [-0.15, -0.1) is 0 Å². The van der Waals surface area contributed by atoms with Crippen molar-refractivity contribution >= 4 is 0 Å². The zero-order valence-electron chi connectivity index (χ0n) is 9.74. The van der Waals surface area contributed by atoms with E-state index in [4.69, 9.17) is 15.0 Å². The zero-order chi connectivity index (χ0) is 11.4. The molecule has 1 saturated carbocycles. The van der Waals surface area contributed by atoms with Crippen molar-refractivity contribution in [3.05, 3.63) is 11.7 Å². The average molecular weight is 225 g/mol. The van der Waals surface area contributed by atoms with E-state index >= 15 is 0 Å². The van der Waals surface area contributed by atoms with Crippen LogP contribution >= 0.6 is 0 Å². The van der Waals surface area contributed by atoms with Crippen molar-refractivity contribution < 1.29 is 9.26 Å². The first kappa shape index (κ1) is 11.5. The number of methoxy groups -OCH3 is 1. The number of nitrogens with zero attached hydrogens (tertiary/aromatic N) is 2. The Morgan fingerprint density at radius 3 is 2.88 bits per heavy atom. The quantitative estimate of drug-likeness (QED) is 0.784. The standard InChI is InChI=1S/C11H19N3O2/c1-15-11(5-3-6-11)8-10-13-9(14-16-10)4-2-7-12/h2-8,12H2,1H3. The molecule has 0 saturated heterocycles. The molecule has 1 aromatic rings. The number of hydrogen-bond donors (Lipinski definition) is 1. The lowest BCUT2D eigenvalue weighted by Gasteiger charge is -2.39. The van der Waals surface area contributed by atoms with Gasteiger partial charge in [-0.3, -0.25) is 0 Å². The second-order valence-electron chi connectivity index (χ2n) is 4.41. The van der Waals surface area contributed by atoms with Crippen molar-refractivity contribution in [2.75, 3.05) is 13.7 Å². The number of ether oxygens (including phenoxy) is 1. The van der Waals surface area contributed by atoms with Crippen LogP contribution in [0.5, 0.6) is 0 Å². The number of rotatable bonds is 6. The minimum absolute atomic E-state index is 0.0440. The monoisotopic (exact) mass is 225 g/mol. The number of nitrogens with two attached hydrogens (primary N) is 1. The Hall–Kier alpha value is -0.940. The molecular formula is C11H19N3O2. The van der Waals surface area contributed by atoms with Gasteiger partial charge < -0.3 is 15.0 Å². The smallest absolute Gasteiger partial charge is 0.229 e. The Bertz CT molecular complexity index is 328. The molecule has 90 valence electrons. The molecule has 2 N–H and O–H groups in total. The van der Waals surface area contributed by atoms with Crippen LogP contribution < -0.4 is 5.73 Å². The lowest BCUT2D eigenvalue weighted by atomic mass is 9.77. The van der Waals surface area contributed by atoms with Gasteiger partial charge in [0.25, 0.3) is 0 Å². The van der Waals surface area contributed by atoms with Crippen LogP contribution in [0.4, 0.5) is 0 Å². The Morgan fingerprint density at radius 2 is 2.31 bits per heavy atom. The van der Waals surface area contributed by atoms with Gasteiger partial charge >= 0.3 is 0 Å². The minimum atomic E-state index is -0.0440. The molecule has 1 aromatic heterocycles. The summed E-state index contributed by atoms with van der Waals surface area (Å²) in [4.78, 5) is 4.35. The predicted molar refractivity (Wildman–Crippen MR) is 59.0 cm³/mol. The van der Waals surface area contributed by atoms with Gasteiger partial charge in [-0.1, -0.05) is 5.16 Å². The second kappa shape index (κ2) is 4.93. The Labute approximate surface area is 95.3 Å². The maximum Gasteiger partial charge on any atom is 0.229 e. The minimum Gasteiger partial charge on any atom is -0.378 e. The fourth-order valence-electron chi connectivity index (χ4n) is 2.02. The fourth-order valence-corrected chi connectivity index (χ4v) is 2.02.